The van der Waals surface area contributed by atoms with Crippen molar-refractivity contribution < 1.29 is 0 Å². The van der Waals surface area contributed by atoms with Crippen LogP contribution in [0.5, 0.6) is 0 Å². The maximum absolute atomic E-state index is 3.81. The van der Waals surface area contributed by atoms with E-state index in [0.29, 0.717) is 12.1 Å². The fraction of sp³-hybridized carbons (Fsp3) is 0.684. The molecule has 116 valence electrons. The second-order valence-corrected chi connectivity index (χ2v) is 7.33. The Morgan fingerprint density at radius 3 is 2.57 bits per heavy atom. The van der Waals surface area contributed by atoms with E-state index in [1.54, 1.807) is 0 Å². The number of nitrogens with one attached hydrogen (secondary N) is 1. The molecule has 2 heteroatoms. The van der Waals surface area contributed by atoms with Crippen LogP contribution in [0.4, 0.5) is 0 Å². The summed E-state index contributed by atoms with van der Waals surface area (Å²) in [5, 5.41) is 3.81. The number of benzene rings is 1. The standard InChI is InChI=1S/C19H30N2/c1-4-19(3)14-21(15(2)16-11-8-12-16)18(13-20-19)17-9-6-5-7-10-17/h5-7,9-10,15-16,18,20H,4,8,11-14H2,1-3H3. The number of rotatable bonds is 4. The Balaban J connectivity index is 1.83. The molecule has 0 amide bonds. The molecule has 1 saturated heterocycles. The number of hydrogen-bond acceptors (Lipinski definition) is 2. The van der Waals surface area contributed by atoms with Gasteiger partial charge in [-0.1, -0.05) is 43.7 Å². The lowest BCUT2D eigenvalue weighted by Crippen LogP contribution is -2.62. The Morgan fingerprint density at radius 2 is 2.00 bits per heavy atom. The van der Waals surface area contributed by atoms with E-state index < -0.39 is 0 Å². The van der Waals surface area contributed by atoms with Gasteiger partial charge in [0, 0.05) is 30.7 Å². The van der Waals surface area contributed by atoms with Gasteiger partial charge in [-0.3, -0.25) is 4.90 Å². The summed E-state index contributed by atoms with van der Waals surface area (Å²) in [6.07, 6.45) is 5.48. The highest BCUT2D eigenvalue weighted by atomic mass is 15.3. The fourth-order valence-corrected chi connectivity index (χ4v) is 3.87. The molecule has 0 spiro atoms. The summed E-state index contributed by atoms with van der Waals surface area (Å²) >= 11 is 0. The topological polar surface area (TPSA) is 15.3 Å². The van der Waals surface area contributed by atoms with Crippen molar-refractivity contribution in [1.29, 1.82) is 0 Å². The van der Waals surface area contributed by atoms with Crippen LogP contribution in [0.15, 0.2) is 30.3 Å². The zero-order chi connectivity index (χ0) is 14.9. The van der Waals surface area contributed by atoms with Gasteiger partial charge in [0.25, 0.3) is 0 Å². The van der Waals surface area contributed by atoms with E-state index in [-0.39, 0.29) is 5.54 Å². The van der Waals surface area contributed by atoms with Crippen LogP contribution in [-0.4, -0.2) is 29.6 Å². The van der Waals surface area contributed by atoms with Gasteiger partial charge in [-0.2, -0.15) is 0 Å². The van der Waals surface area contributed by atoms with Gasteiger partial charge in [-0.15, -0.1) is 0 Å². The minimum Gasteiger partial charge on any atom is -0.308 e. The SMILES string of the molecule is CCC1(C)CN(C(C)C2CCC2)C(c2ccccc2)CN1. The Morgan fingerprint density at radius 1 is 1.29 bits per heavy atom. The lowest BCUT2D eigenvalue weighted by molar-refractivity contribution is 0.0107. The normalized spacial score (nSPS) is 32.6. The van der Waals surface area contributed by atoms with Crippen LogP contribution in [-0.2, 0) is 0 Å². The van der Waals surface area contributed by atoms with Gasteiger partial charge >= 0.3 is 0 Å². The quantitative estimate of drug-likeness (QED) is 0.900. The van der Waals surface area contributed by atoms with Gasteiger partial charge in [-0.05, 0) is 44.6 Å². The Kier molecular flexibility index (Phi) is 4.37. The summed E-state index contributed by atoms with van der Waals surface area (Å²) in [4.78, 5) is 2.79. The first kappa shape index (κ1) is 15.1. The summed E-state index contributed by atoms with van der Waals surface area (Å²) in [5.74, 6) is 0.912. The minimum atomic E-state index is 0.267. The van der Waals surface area contributed by atoms with Gasteiger partial charge in [0.1, 0.15) is 0 Å². The summed E-state index contributed by atoms with van der Waals surface area (Å²) in [7, 11) is 0. The number of nitrogens with zero attached hydrogens (tertiary/aromatic N) is 1. The first-order valence-corrected chi connectivity index (χ1v) is 8.69. The van der Waals surface area contributed by atoms with Crippen molar-refractivity contribution in [3.63, 3.8) is 0 Å². The van der Waals surface area contributed by atoms with Crippen molar-refractivity contribution in [3.8, 4) is 0 Å². The summed E-state index contributed by atoms with van der Waals surface area (Å²) < 4.78 is 0. The predicted molar refractivity (Wildman–Crippen MR) is 89.4 cm³/mol. The zero-order valence-electron chi connectivity index (χ0n) is 13.8. The first-order valence-electron chi connectivity index (χ1n) is 8.69. The number of piperazine rings is 1. The molecule has 0 aromatic heterocycles. The molecule has 2 nitrogen and oxygen atoms in total. The Hall–Kier alpha value is -0.860. The van der Waals surface area contributed by atoms with E-state index in [0.717, 1.165) is 12.5 Å². The molecule has 1 aliphatic carbocycles. The van der Waals surface area contributed by atoms with Crippen molar-refractivity contribution in [3.05, 3.63) is 35.9 Å². The molecular weight excluding hydrogens is 256 g/mol. The summed E-state index contributed by atoms with van der Waals surface area (Å²) in [5.41, 5.74) is 1.73. The van der Waals surface area contributed by atoms with Crippen molar-refractivity contribution in [2.75, 3.05) is 13.1 Å². The monoisotopic (exact) mass is 286 g/mol. The molecule has 3 rings (SSSR count). The number of hydrogen-bond donors (Lipinski definition) is 1. The second-order valence-electron chi connectivity index (χ2n) is 7.33. The third kappa shape index (κ3) is 3.02. The molecule has 1 saturated carbocycles. The van der Waals surface area contributed by atoms with E-state index in [9.17, 15) is 0 Å². The van der Waals surface area contributed by atoms with Crippen molar-refractivity contribution in [1.82, 2.24) is 10.2 Å². The highest BCUT2D eigenvalue weighted by Crippen LogP contribution is 2.38. The molecule has 2 aliphatic rings. The van der Waals surface area contributed by atoms with E-state index in [1.807, 2.05) is 0 Å². The van der Waals surface area contributed by atoms with E-state index in [2.05, 4.69) is 61.3 Å². The lowest BCUT2D eigenvalue weighted by Gasteiger charge is -2.51. The molecule has 0 bridgehead atoms. The van der Waals surface area contributed by atoms with E-state index in [4.69, 9.17) is 0 Å². The lowest BCUT2D eigenvalue weighted by atomic mass is 9.78. The first-order chi connectivity index (χ1) is 10.1. The van der Waals surface area contributed by atoms with Crippen LogP contribution in [0.25, 0.3) is 0 Å². The second kappa shape index (κ2) is 6.10. The molecule has 1 heterocycles. The van der Waals surface area contributed by atoms with Crippen LogP contribution in [0, 0.1) is 5.92 Å². The molecule has 3 unspecified atom stereocenters. The van der Waals surface area contributed by atoms with Crippen LogP contribution >= 0.6 is 0 Å². The Labute approximate surface area is 129 Å². The molecule has 2 fully saturated rings. The van der Waals surface area contributed by atoms with Gasteiger partial charge < -0.3 is 5.32 Å². The average Bonchev–Trinajstić information content (AvgIpc) is 2.46. The molecule has 1 N–H and O–H groups in total. The zero-order valence-corrected chi connectivity index (χ0v) is 13.8. The summed E-state index contributed by atoms with van der Waals surface area (Å²) in [6.45, 7) is 9.39. The maximum atomic E-state index is 3.81. The van der Waals surface area contributed by atoms with Crippen LogP contribution < -0.4 is 5.32 Å². The predicted octanol–water partition coefficient (Wildman–Crippen LogP) is 3.99. The molecule has 1 aromatic carbocycles. The highest BCUT2D eigenvalue weighted by Gasteiger charge is 2.40. The van der Waals surface area contributed by atoms with Crippen LogP contribution in [0.1, 0.15) is 58.1 Å². The molecule has 0 radical (unpaired) electrons. The van der Waals surface area contributed by atoms with Gasteiger partial charge in [0.2, 0.25) is 0 Å². The van der Waals surface area contributed by atoms with Gasteiger partial charge in [0.15, 0.2) is 0 Å². The van der Waals surface area contributed by atoms with Crippen molar-refractivity contribution in [2.45, 2.75) is 64.1 Å². The molecule has 21 heavy (non-hydrogen) atoms. The largest absolute Gasteiger partial charge is 0.308 e. The third-order valence-corrected chi connectivity index (χ3v) is 5.97. The molecule has 1 aliphatic heterocycles. The van der Waals surface area contributed by atoms with E-state index >= 15 is 0 Å². The van der Waals surface area contributed by atoms with Crippen molar-refractivity contribution in [2.24, 2.45) is 5.92 Å². The van der Waals surface area contributed by atoms with Gasteiger partial charge in [-0.25, -0.2) is 0 Å². The molecule has 1 aromatic rings. The van der Waals surface area contributed by atoms with Crippen LogP contribution in [0.2, 0.25) is 0 Å². The minimum absolute atomic E-state index is 0.267. The highest BCUT2D eigenvalue weighted by molar-refractivity contribution is 5.21. The van der Waals surface area contributed by atoms with Gasteiger partial charge in [0.05, 0.1) is 0 Å². The van der Waals surface area contributed by atoms with Crippen LogP contribution in [0.3, 0.4) is 0 Å². The average molecular weight is 286 g/mol. The van der Waals surface area contributed by atoms with Crippen molar-refractivity contribution >= 4 is 0 Å². The Bertz CT molecular complexity index is 454. The fourth-order valence-electron chi connectivity index (χ4n) is 3.87. The molecular formula is C19H30N2. The third-order valence-electron chi connectivity index (χ3n) is 5.97. The maximum Gasteiger partial charge on any atom is 0.0476 e. The smallest absolute Gasteiger partial charge is 0.0476 e. The molecule has 3 atom stereocenters. The summed E-state index contributed by atoms with van der Waals surface area (Å²) in [6, 6.07) is 12.3. The van der Waals surface area contributed by atoms with E-state index in [1.165, 1.54) is 37.8 Å².